The third-order valence-electron chi connectivity index (χ3n) is 4.08. The summed E-state index contributed by atoms with van der Waals surface area (Å²) in [6, 6.07) is 19.0. The predicted molar refractivity (Wildman–Crippen MR) is 109 cm³/mol. The number of carbonyl (C=O) groups is 1. The van der Waals surface area contributed by atoms with Crippen molar-refractivity contribution in [3.05, 3.63) is 78.1 Å². The fourth-order valence-electron chi connectivity index (χ4n) is 2.66. The molecule has 1 aromatic heterocycles. The molecule has 5 nitrogen and oxygen atoms in total. The Morgan fingerprint density at radius 2 is 1.78 bits per heavy atom. The van der Waals surface area contributed by atoms with Crippen LogP contribution in [-0.2, 0) is 6.42 Å². The van der Waals surface area contributed by atoms with Crippen molar-refractivity contribution >= 4 is 23.0 Å². The fraction of sp³-hybridized carbons (Fsp3) is 0.182. The van der Waals surface area contributed by atoms with Gasteiger partial charge in [-0.25, -0.2) is 0 Å². The minimum Gasteiger partial charge on any atom is -0.492 e. The molecular weight excluding hydrogens is 338 g/mol. The van der Waals surface area contributed by atoms with E-state index in [2.05, 4.69) is 22.5 Å². The molecule has 2 aromatic carbocycles. The topological polar surface area (TPSA) is 63.2 Å². The van der Waals surface area contributed by atoms with E-state index in [1.165, 1.54) is 5.56 Å². The van der Waals surface area contributed by atoms with E-state index < -0.39 is 0 Å². The van der Waals surface area contributed by atoms with Crippen LogP contribution < -0.4 is 15.4 Å². The second kappa shape index (κ2) is 8.85. The first-order valence-corrected chi connectivity index (χ1v) is 9.04. The first kappa shape index (κ1) is 18.5. The van der Waals surface area contributed by atoms with Crippen molar-refractivity contribution in [1.29, 1.82) is 0 Å². The van der Waals surface area contributed by atoms with Crippen molar-refractivity contribution in [2.45, 2.75) is 20.3 Å². The maximum absolute atomic E-state index is 12.5. The number of nitrogens with one attached hydrogen (secondary N) is 2. The Morgan fingerprint density at radius 1 is 1.00 bits per heavy atom. The number of amides is 1. The van der Waals surface area contributed by atoms with Crippen LogP contribution in [0.15, 0.2) is 66.9 Å². The zero-order valence-electron chi connectivity index (χ0n) is 15.5. The van der Waals surface area contributed by atoms with Gasteiger partial charge in [0.15, 0.2) is 0 Å². The molecule has 3 rings (SSSR count). The number of pyridine rings is 1. The molecule has 0 unspecified atom stereocenters. The molecule has 0 aliphatic rings. The number of anilines is 3. The van der Waals surface area contributed by atoms with E-state index in [9.17, 15) is 4.79 Å². The Morgan fingerprint density at radius 3 is 2.52 bits per heavy atom. The van der Waals surface area contributed by atoms with Gasteiger partial charge in [0, 0.05) is 17.6 Å². The molecule has 0 saturated heterocycles. The lowest BCUT2D eigenvalue weighted by Crippen LogP contribution is -2.13. The van der Waals surface area contributed by atoms with Gasteiger partial charge in [0.1, 0.15) is 11.4 Å². The van der Waals surface area contributed by atoms with Gasteiger partial charge in [0.05, 0.1) is 12.3 Å². The number of para-hydroxylation sites is 2. The van der Waals surface area contributed by atoms with E-state index >= 15 is 0 Å². The molecule has 0 fully saturated rings. The van der Waals surface area contributed by atoms with Gasteiger partial charge < -0.3 is 15.4 Å². The summed E-state index contributed by atoms with van der Waals surface area (Å²) in [4.78, 5) is 16.7. The predicted octanol–water partition coefficient (Wildman–Crippen LogP) is 5.04. The highest BCUT2D eigenvalue weighted by atomic mass is 16.5. The Kier molecular flexibility index (Phi) is 6.05. The number of hydrogen-bond donors (Lipinski definition) is 2. The molecule has 138 valence electrons. The third kappa shape index (κ3) is 4.85. The van der Waals surface area contributed by atoms with Crippen molar-refractivity contribution in [2.24, 2.45) is 0 Å². The van der Waals surface area contributed by atoms with Gasteiger partial charge >= 0.3 is 0 Å². The number of hydrogen-bond acceptors (Lipinski definition) is 4. The maximum Gasteiger partial charge on any atom is 0.274 e. The quantitative estimate of drug-likeness (QED) is 0.619. The molecule has 0 aliphatic carbocycles. The van der Waals surface area contributed by atoms with Crippen molar-refractivity contribution in [3.63, 3.8) is 0 Å². The lowest BCUT2D eigenvalue weighted by Gasteiger charge is -2.13. The van der Waals surface area contributed by atoms with Crippen LogP contribution in [0, 0.1) is 0 Å². The van der Waals surface area contributed by atoms with Crippen LogP contribution in [0.5, 0.6) is 5.75 Å². The fourth-order valence-corrected chi connectivity index (χ4v) is 2.66. The summed E-state index contributed by atoms with van der Waals surface area (Å²) in [7, 11) is 0. The smallest absolute Gasteiger partial charge is 0.274 e. The molecule has 0 atom stereocenters. The third-order valence-corrected chi connectivity index (χ3v) is 4.08. The number of benzene rings is 2. The van der Waals surface area contributed by atoms with E-state index in [0.29, 0.717) is 12.3 Å². The summed E-state index contributed by atoms with van der Waals surface area (Å²) in [5.41, 5.74) is 3.92. The first-order chi connectivity index (χ1) is 13.2. The molecule has 0 radical (unpaired) electrons. The highest BCUT2D eigenvalue weighted by Crippen LogP contribution is 2.27. The average Bonchev–Trinajstić information content (AvgIpc) is 2.70. The molecule has 1 heterocycles. The van der Waals surface area contributed by atoms with E-state index in [0.717, 1.165) is 29.2 Å². The zero-order valence-corrected chi connectivity index (χ0v) is 15.5. The van der Waals surface area contributed by atoms with Gasteiger partial charge in [-0.3, -0.25) is 9.78 Å². The Balaban J connectivity index is 1.74. The van der Waals surface area contributed by atoms with Gasteiger partial charge in [-0.1, -0.05) is 31.2 Å². The second-order valence-corrected chi connectivity index (χ2v) is 5.99. The van der Waals surface area contributed by atoms with Gasteiger partial charge in [-0.05, 0) is 55.3 Å². The van der Waals surface area contributed by atoms with Gasteiger partial charge in [0.2, 0.25) is 0 Å². The molecule has 0 aliphatic heterocycles. The van der Waals surface area contributed by atoms with Crippen molar-refractivity contribution in [1.82, 2.24) is 4.98 Å². The number of aromatic nitrogens is 1. The van der Waals surface area contributed by atoms with Crippen LogP contribution in [0.3, 0.4) is 0 Å². The molecule has 2 N–H and O–H groups in total. The monoisotopic (exact) mass is 361 g/mol. The largest absolute Gasteiger partial charge is 0.492 e. The van der Waals surface area contributed by atoms with Crippen molar-refractivity contribution in [2.75, 3.05) is 17.2 Å². The minimum atomic E-state index is -0.249. The maximum atomic E-state index is 12.5. The molecule has 3 aromatic rings. The molecular formula is C22H23N3O2. The molecule has 0 bridgehead atoms. The molecule has 5 heteroatoms. The lowest BCUT2D eigenvalue weighted by atomic mass is 10.1. The summed E-state index contributed by atoms with van der Waals surface area (Å²) >= 11 is 0. The minimum absolute atomic E-state index is 0.249. The van der Waals surface area contributed by atoms with Crippen LogP contribution in [0.25, 0.3) is 0 Å². The van der Waals surface area contributed by atoms with E-state index in [-0.39, 0.29) is 5.91 Å². The number of rotatable bonds is 7. The summed E-state index contributed by atoms with van der Waals surface area (Å²) in [6.45, 7) is 4.62. The number of carbonyl (C=O) groups excluding carboxylic acids is 1. The highest BCUT2D eigenvalue weighted by Gasteiger charge is 2.10. The van der Waals surface area contributed by atoms with Gasteiger partial charge in [0.25, 0.3) is 5.91 Å². The first-order valence-electron chi connectivity index (χ1n) is 9.04. The zero-order chi connectivity index (χ0) is 19.1. The van der Waals surface area contributed by atoms with E-state index in [4.69, 9.17) is 4.74 Å². The second-order valence-electron chi connectivity index (χ2n) is 5.99. The summed E-state index contributed by atoms with van der Waals surface area (Å²) < 4.78 is 5.63. The Hall–Kier alpha value is -3.34. The average molecular weight is 361 g/mol. The SMILES string of the molecule is CCOc1ccccc1Nc1ccnc(C(=O)Nc2ccc(CC)cc2)c1. The molecule has 1 amide bonds. The van der Waals surface area contributed by atoms with Gasteiger partial charge in [-0.2, -0.15) is 0 Å². The van der Waals surface area contributed by atoms with Crippen molar-refractivity contribution in [3.8, 4) is 5.75 Å². The van der Waals surface area contributed by atoms with Gasteiger partial charge in [-0.15, -0.1) is 0 Å². The van der Waals surface area contributed by atoms with E-state index in [1.807, 2.05) is 61.5 Å². The van der Waals surface area contributed by atoms with E-state index in [1.54, 1.807) is 12.3 Å². The number of ether oxygens (including phenoxy) is 1. The Bertz CT molecular complexity index is 907. The molecule has 0 saturated carbocycles. The van der Waals surface area contributed by atoms with Crippen LogP contribution >= 0.6 is 0 Å². The normalized spacial score (nSPS) is 10.3. The summed E-state index contributed by atoms with van der Waals surface area (Å²) in [6.07, 6.45) is 2.58. The summed E-state index contributed by atoms with van der Waals surface area (Å²) in [5.74, 6) is 0.514. The summed E-state index contributed by atoms with van der Waals surface area (Å²) in [5, 5.41) is 6.16. The Labute approximate surface area is 159 Å². The van der Waals surface area contributed by atoms with Crippen LogP contribution in [0.4, 0.5) is 17.1 Å². The highest BCUT2D eigenvalue weighted by molar-refractivity contribution is 6.03. The van der Waals surface area contributed by atoms with Crippen LogP contribution in [0.1, 0.15) is 29.9 Å². The number of aryl methyl sites for hydroxylation is 1. The van der Waals surface area contributed by atoms with Crippen molar-refractivity contribution < 1.29 is 9.53 Å². The van der Waals surface area contributed by atoms with Crippen LogP contribution in [0.2, 0.25) is 0 Å². The molecule has 0 spiro atoms. The molecule has 27 heavy (non-hydrogen) atoms. The lowest BCUT2D eigenvalue weighted by molar-refractivity contribution is 0.102. The standard InChI is InChI=1S/C22H23N3O2/c1-3-16-9-11-17(12-10-16)25-22(26)20-15-18(13-14-23-20)24-19-7-5-6-8-21(19)27-4-2/h5-15H,3-4H2,1-2H3,(H,23,24)(H,25,26). The van der Waals surface area contributed by atoms with Crippen LogP contribution in [-0.4, -0.2) is 17.5 Å². The number of nitrogens with zero attached hydrogens (tertiary/aromatic N) is 1.